The largest absolute Gasteiger partial charge is 0.488 e. The van der Waals surface area contributed by atoms with Gasteiger partial charge in [-0.05, 0) is 19.2 Å². The minimum atomic E-state index is -2.84. The number of halogens is 2. The van der Waals surface area contributed by atoms with Gasteiger partial charge in [-0.2, -0.15) is 8.78 Å². The maximum atomic E-state index is 12.4. The van der Waals surface area contributed by atoms with Gasteiger partial charge in [0.1, 0.15) is 18.1 Å². The van der Waals surface area contributed by atoms with Crippen LogP contribution in [0.15, 0.2) is 48.5 Å². The molecule has 3 nitrogen and oxygen atoms in total. The van der Waals surface area contributed by atoms with Gasteiger partial charge >= 0.3 is 6.61 Å². The van der Waals surface area contributed by atoms with Gasteiger partial charge < -0.3 is 14.8 Å². The van der Waals surface area contributed by atoms with E-state index < -0.39 is 6.61 Å². The van der Waals surface area contributed by atoms with Gasteiger partial charge in [0.2, 0.25) is 0 Å². The number of hydrogen-bond acceptors (Lipinski definition) is 3. The van der Waals surface area contributed by atoms with Crippen molar-refractivity contribution in [3.8, 4) is 11.5 Å². The van der Waals surface area contributed by atoms with E-state index in [4.69, 9.17) is 4.74 Å². The monoisotopic (exact) mass is 293 g/mol. The Kier molecular flexibility index (Phi) is 5.51. The van der Waals surface area contributed by atoms with Gasteiger partial charge in [-0.25, -0.2) is 0 Å². The topological polar surface area (TPSA) is 30.5 Å². The second-order valence-electron chi connectivity index (χ2n) is 4.41. The number of nitrogens with one attached hydrogen (secondary N) is 1. The Morgan fingerprint density at radius 3 is 2.24 bits per heavy atom. The summed E-state index contributed by atoms with van der Waals surface area (Å²) < 4.78 is 34.9. The molecule has 0 radical (unpaired) electrons. The van der Waals surface area contributed by atoms with Gasteiger partial charge in [-0.1, -0.05) is 36.4 Å². The van der Waals surface area contributed by atoms with Gasteiger partial charge in [-0.15, -0.1) is 0 Å². The molecule has 0 aliphatic heterocycles. The third-order valence-corrected chi connectivity index (χ3v) is 2.91. The van der Waals surface area contributed by atoms with Crippen molar-refractivity contribution in [1.29, 1.82) is 0 Å². The molecule has 0 aliphatic carbocycles. The first kappa shape index (κ1) is 15.3. The average molecular weight is 293 g/mol. The smallest absolute Gasteiger partial charge is 0.387 e. The third-order valence-electron chi connectivity index (χ3n) is 2.91. The van der Waals surface area contributed by atoms with Crippen molar-refractivity contribution in [2.24, 2.45) is 0 Å². The summed E-state index contributed by atoms with van der Waals surface area (Å²) in [4.78, 5) is 0. The molecule has 0 unspecified atom stereocenters. The summed E-state index contributed by atoms with van der Waals surface area (Å²) in [5.41, 5.74) is 1.59. The summed E-state index contributed by atoms with van der Waals surface area (Å²) in [6.07, 6.45) is 0. The van der Waals surface area contributed by atoms with Crippen molar-refractivity contribution in [3.05, 3.63) is 59.7 Å². The summed E-state index contributed by atoms with van der Waals surface area (Å²) in [6, 6.07) is 14.2. The van der Waals surface area contributed by atoms with E-state index in [1.807, 2.05) is 31.3 Å². The van der Waals surface area contributed by atoms with Crippen molar-refractivity contribution >= 4 is 0 Å². The zero-order valence-electron chi connectivity index (χ0n) is 11.7. The lowest BCUT2D eigenvalue weighted by Crippen LogP contribution is -2.09. The molecule has 0 atom stereocenters. The Hall–Kier alpha value is -2.14. The Bertz CT molecular complexity index is 576. The van der Waals surface area contributed by atoms with Crippen LogP contribution in [-0.2, 0) is 13.2 Å². The molecule has 5 heteroatoms. The lowest BCUT2D eigenvalue weighted by Gasteiger charge is -2.14. The molecule has 0 saturated carbocycles. The highest BCUT2D eigenvalue weighted by Crippen LogP contribution is 2.24. The van der Waals surface area contributed by atoms with E-state index in [1.54, 1.807) is 18.2 Å². The number of alkyl halides is 2. The molecule has 1 N–H and O–H groups in total. The first-order valence-corrected chi connectivity index (χ1v) is 6.58. The SMILES string of the molecule is CNCc1ccccc1OCc1ccccc1OC(F)F. The molecule has 21 heavy (non-hydrogen) atoms. The summed E-state index contributed by atoms with van der Waals surface area (Å²) >= 11 is 0. The van der Waals surface area contributed by atoms with E-state index in [1.165, 1.54) is 6.07 Å². The Balaban J connectivity index is 2.10. The quantitative estimate of drug-likeness (QED) is 0.846. The lowest BCUT2D eigenvalue weighted by atomic mass is 10.2. The van der Waals surface area contributed by atoms with Crippen LogP contribution >= 0.6 is 0 Å². The summed E-state index contributed by atoms with van der Waals surface area (Å²) in [6.45, 7) is -2.00. The van der Waals surface area contributed by atoms with Crippen LogP contribution < -0.4 is 14.8 Å². The van der Waals surface area contributed by atoms with Crippen LogP contribution in [0.5, 0.6) is 11.5 Å². The van der Waals surface area contributed by atoms with Crippen LogP contribution in [0.2, 0.25) is 0 Å². The predicted molar refractivity (Wildman–Crippen MR) is 76.6 cm³/mol. The van der Waals surface area contributed by atoms with Crippen molar-refractivity contribution in [1.82, 2.24) is 5.32 Å². The second kappa shape index (κ2) is 7.59. The third kappa shape index (κ3) is 4.43. The molecule has 112 valence electrons. The van der Waals surface area contributed by atoms with E-state index in [9.17, 15) is 8.78 Å². The molecule has 0 aromatic heterocycles. The molecular formula is C16H17F2NO2. The zero-order chi connectivity index (χ0) is 15.1. The molecule has 2 aromatic rings. The lowest BCUT2D eigenvalue weighted by molar-refractivity contribution is -0.0508. The second-order valence-corrected chi connectivity index (χ2v) is 4.41. The fourth-order valence-corrected chi connectivity index (χ4v) is 1.97. The van der Waals surface area contributed by atoms with Crippen LogP contribution in [0.3, 0.4) is 0 Å². The Labute approximate surface area is 122 Å². The normalized spacial score (nSPS) is 10.7. The fourth-order valence-electron chi connectivity index (χ4n) is 1.97. The molecule has 0 fully saturated rings. The van der Waals surface area contributed by atoms with Gasteiger partial charge in [-0.3, -0.25) is 0 Å². The first-order valence-electron chi connectivity index (χ1n) is 6.58. The Morgan fingerprint density at radius 2 is 1.57 bits per heavy atom. The number of benzene rings is 2. The van der Waals surface area contributed by atoms with Crippen LogP contribution in [0, 0.1) is 0 Å². The predicted octanol–water partition coefficient (Wildman–Crippen LogP) is 3.59. The zero-order valence-corrected chi connectivity index (χ0v) is 11.7. The number of hydrogen-bond donors (Lipinski definition) is 1. The number of rotatable bonds is 7. The van der Waals surface area contributed by atoms with Crippen molar-refractivity contribution < 1.29 is 18.3 Å². The molecule has 2 aromatic carbocycles. The van der Waals surface area contributed by atoms with E-state index >= 15 is 0 Å². The Morgan fingerprint density at radius 1 is 0.952 bits per heavy atom. The molecule has 0 amide bonds. The highest BCUT2D eigenvalue weighted by atomic mass is 19.3. The van der Waals surface area contributed by atoms with Crippen molar-refractivity contribution in [3.63, 3.8) is 0 Å². The van der Waals surface area contributed by atoms with Crippen molar-refractivity contribution in [2.45, 2.75) is 19.8 Å². The number of ether oxygens (including phenoxy) is 2. The molecule has 2 rings (SSSR count). The number of para-hydroxylation sites is 2. The highest BCUT2D eigenvalue weighted by Gasteiger charge is 2.10. The van der Waals surface area contributed by atoms with E-state index in [-0.39, 0.29) is 12.4 Å². The minimum Gasteiger partial charge on any atom is -0.488 e. The van der Waals surface area contributed by atoms with Gasteiger partial charge in [0.25, 0.3) is 0 Å². The fraction of sp³-hybridized carbons (Fsp3) is 0.250. The van der Waals surface area contributed by atoms with Crippen molar-refractivity contribution in [2.75, 3.05) is 7.05 Å². The van der Waals surface area contributed by atoms with E-state index in [2.05, 4.69) is 10.1 Å². The molecule has 0 saturated heterocycles. The van der Waals surface area contributed by atoms with Crippen LogP contribution in [0.1, 0.15) is 11.1 Å². The van der Waals surface area contributed by atoms with E-state index in [0.29, 0.717) is 12.1 Å². The molecular weight excluding hydrogens is 276 g/mol. The van der Waals surface area contributed by atoms with Gasteiger partial charge in [0, 0.05) is 17.7 Å². The highest BCUT2D eigenvalue weighted by molar-refractivity contribution is 5.36. The van der Waals surface area contributed by atoms with Crippen LogP contribution in [0.25, 0.3) is 0 Å². The summed E-state index contributed by atoms with van der Waals surface area (Å²) in [5.74, 6) is 0.859. The van der Waals surface area contributed by atoms with Crippen LogP contribution in [0.4, 0.5) is 8.78 Å². The average Bonchev–Trinajstić information content (AvgIpc) is 2.47. The molecule has 0 heterocycles. The van der Waals surface area contributed by atoms with Gasteiger partial charge in [0.05, 0.1) is 0 Å². The standard InChI is InChI=1S/C16H17F2NO2/c1-19-10-12-6-2-4-8-14(12)20-11-13-7-3-5-9-15(13)21-16(17)18/h2-9,16,19H,10-11H2,1H3. The molecule has 0 spiro atoms. The molecule has 0 aliphatic rings. The minimum absolute atomic E-state index is 0.138. The van der Waals surface area contributed by atoms with Gasteiger partial charge in [0.15, 0.2) is 0 Å². The molecule has 0 bridgehead atoms. The van der Waals surface area contributed by atoms with Crippen LogP contribution in [-0.4, -0.2) is 13.7 Å². The summed E-state index contributed by atoms with van der Waals surface area (Å²) in [7, 11) is 1.85. The first-order chi connectivity index (χ1) is 10.2. The maximum absolute atomic E-state index is 12.4. The summed E-state index contributed by atoms with van der Waals surface area (Å²) in [5, 5.41) is 3.06. The maximum Gasteiger partial charge on any atom is 0.387 e. The van der Waals surface area contributed by atoms with E-state index in [0.717, 1.165) is 11.3 Å².